The van der Waals surface area contributed by atoms with Crippen molar-refractivity contribution < 1.29 is 38.6 Å². The summed E-state index contributed by atoms with van der Waals surface area (Å²) in [6.45, 7) is 2.97. The highest BCUT2D eigenvalue weighted by atomic mass is 16.8. The van der Waals surface area contributed by atoms with Gasteiger partial charge in [-0.05, 0) is 13.8 Å². The SMILES string of the molecule is CO[C@H]1O[C@H](CO)[C@H](O)[C@@H]2O[C@@](C)(OC)[C@](C)(OC)O[C@@H]12. The molecule has 0 radical (unpaired) electrons. The van der Waals surface area contributed by atoms with Gasteiger partial charge in [0.25, 0.3) is 0 Å². The first-order valence-corrected chi connectivity index (χ1v) is 6.79. The van der Waals surface area contributed by atoms with Crippen LogP contribution in [-0.4, -0.2) is 80.4 Å². The van der Waals surface area contributed by atoms with E-state index < -0.39 is 42.3 Å². The lowest BCUT2D eigenvalue weighted by Gasteiger charge is -2.56. The van der Waals surface area contributed by atoms with E-state index in [-0.39, 0.29) is 6.61 Å². The third-order valence-corrected chi connectivity index (χ3v) is 4.36. The molecule has 124 valence electrons. The molecule has 7 atom stereocenters. The molecule has 2 fully saturated rings. The molecule has 2 aliphatic heterocycles. The lowest BCUT2D eigenvalue weighted by atomic mass is 9.94. The van der Waals surface area contributed by atoms with Gasteiger partial charge in [-0.15, -0.1) is 0 Å². The first-order chi connectivity index (χ1) is 9.85. The van der Waals surface area contributed by atoms with E-state index in [1.165, 1.54) is 21.3 Å². The average molecular weight is 308 g/mol. The van der Waals surface area contributed by atoms with Gasteiger partial charge in [0.15, 0.2) is 6.29 Å². The number of ether oxygens (including phenoxy) is 6. The van der Waals surface area contributed by atoms with Gasteiger partial charge in [-0.25, -0.2) is 0 Å². The third kappa shape index (κ3) is 2.60. The van der Waals surface area contributed by atoms with E-state index in [4.69, 9.17) is 28.4 Å². The molecule has 0 aliphatic carbocycles. The van der Waals surface area contributed by atoms with Crippen molar-refractivity contribution in [3.8, 4) is 0 Å². The monoisotopic (exact) mass is 308 g/mol. The van der Waals surface area contributed by atoms with Crippen LogP contribution in [0.3, 0.4) is 0 Å². The fourth-order valence-electron chi connectivity index (χ4n) is 2.69. The van der Waals surface area contributed by atoms with Gasteiger partial charge in [0.2, 0.25) is 11.6 Å². The number of methoxy groups -OCH3 is 3. The third-order valence-electron chi connectivity index (χ3n) is 4.36. The second-order valence-corrected chi connectivity index (χ2v) is 5.42. The zero-order valence-electron chi connectivity index (χ0n) is 12.9. The van der Waals surface area contributed by atoms with Crippen molar-refractivity contribution in [3.63, 3.8) is 0 Å². The van der Waals surface area contributed by atoms with E-state index >= 15 is 0 Å². The molecule has 0 spiro atoms. The molecule has 21 heavy (non-hydrogen) atoms. The van der Waals surface area contributed by atoms with Gasteiger partial charge in [-0.1, -0.05) is 0 Å². The fraction of sp³-hybridized carbons (Fsp3) is 1.00. The molecule has 2 heterocycles. The summed E-state index contributed by atoms with van der Waals surface area (Å²) in [6.07, 6.45) is -4.21. The van der Waals surface area contributed by atoms with Crippen LogP contribution >= 0.6 is 0 Å². The Morgan fingerprint density at radius 2 is 1.52 bits per heavy atom. The van der Waals surface area contributed by atoms with Crippen molar-refractivity contribution in [2.24, 2.45) is 0 Å². The van der Waals surface area contributed by atoms with Crippen LogP contribution in [0.25, 0.3) is 0 Å². The summed E-state index contributed by atoms with van der Waals surface area (Å²) >= 11 is 0. The summed E-state index contributed by atoms with van der Waals surface area (Å²) in [5.74, 6) is -2.45. The minimum Gasteiger partial charge on any atom is -0.394 e. The Balaban J connectivity index is 2.33. The Hall–Kier alpha value is -0.320. The van der Waals surface area contributed by atoms with Crippen molar-refractivity contribution in [2.45, 2.75) is 56.1 Å². The average Bonchev–Trinajstić information content (AvgIpc) is 2.50. The largest absolute Gasteiger partial charge is 0.394 e. The van der Waals surface area contributed by atoms with Crippen molar-refractivity contribution in [3.05, 3.63) is 0 Å². The molecule has 2 aliphatic rings. The van der Waals surface area contributed by atoms with Crippen LogP contribution in [0.5, 0.6) is 0 Å². The summed E-state index contributed by atoms with van der Waals surface area (Å²) in [6, 6.07) is 0. The summed E-state index contributed by atoms with van der Waals surface area (Å²) in [7, 11) is 4.38. The van der Waals surface area contributed by atoms with Crippen molar-refractivity contribution in [1.29, 1.82) is 0 Å². The van der Waals surface area contributed by atoms with Crippen LogP contribution in [0.1, 0.15) is 13.8 Å². The Morgan fingerprint density at radius 3 is 1.95 bits per heavy atom. The lowest BCUT2D eigenvalue weighted by molar-refractivity contribution is -0.483. The van der Waals surface area contributed by atoms with Crippen LogP contribution in [0, 0.1) is 0 Å². The zero-order valence-corrected chi connectivity index (χ0v) is 12.9. The summed E-state index contributed by atoms with van der Waals surface area (Å²) in [5.41, 5.74) is 0. The molecule has 0 aromatic heterocycles. The van der Waals surface area contributed by atoms with E-state index in [2.05, 4.69) is 0 Å². The van der Waals surface area contributed by atoms with Crippen molar-refractivity contribution in [2.75, 3.05) is 27.9 Å². The fourth-order valence-corrected chi connectivity index (χ4v) is 2.69. The second-order valence-electron chi connectivity index (χ2n) is 5.42. The van der Waals surface area contributed by atoms with E-state index in [1.807, 2.05) is 0 Å². The van der Waals surface area contributed by atoms with Gasteiger partial charge in [0.05, 0.1) is 6.61 Å². The van der Waals surface area contributed by atoms with Gasteiger partial charge in [0.1, 0.15) is 24.4 Å². The van der Waals surface area contributed by atoms with Gasteiger partial charge >= 0.3 is 0 Å². The maximum atomic E-state index is 10.3. The van der Waals surface area contributed by atoms with Crippen LogP contribution in [0.2, 0.25) is 0 Å². The molecule has 0 aromatic rings. The molecule has 0 bridgehead atoms. The summed E-state index contributed by atoms with van der Waals surface area (Å²) in [5, 5.41) is 19.6. The Kier molecular flexibility index (Phi) is 4.91. The highest BCUT2D eigenvalue weighted by Gasteiger charge is 2.62. The predicted molar refractivity (Wildman–Crippen MR) is 69.3 cm³/mol. The molecule has 8 heteroatoms. The molecule has 0 saturated carbocycles. The Labute approximate surface area is 123 Å². The number of aliphatic hydroxyl groups is 2. The number of aliphatic hydroxyl groups excluding tert-OH is 2. The molecule has 2 N–H and O–H groups in total. The number of fused-ring (bicyclic) bond motifs is 1. The van der Waals surface area contributed by atoms with Gasteiger partial charge in [0, 0.05) is 21.3 Å². The number of hydrogen-bond acceptors (Lipinski definition) is 8. The predicted octanol–water partition coefficient (Wildman–Crippen LogP) is -0.780. The van der Waals surface area contributed by atoms with Crippen LogP contribution < -0.4 is 0 Å². The summed E-state index contributed by atoms with van der Waals surface area (Å²) in [4.78, 5) is 0. The maximum absolute atomic E-state index is 10.3. The van der Waals surface area contributed by atoms with E-state index in [1.54, 1.807) is 13.8 Å². The highest BCUT2D eigenvalue weighted by Crippen LogP contribution is 2.43. The standard InChI is InChI=1S/C13H24O8/c1-12(17-4)13(2,18-5)21-10-9(20-12)8(15)7(6-14)19-11(10)16-3/h7-11,14-15H,6H2,1-5H3/t7-,8+,9+,10-,11+,12-,13-/m1/s1. The van der Waals surface area contributed by atoms with Crippen molar-refractivity contribution >= 4 is 0 Å². The van der Waals surface area contributed by atoms with Crippen LogP contribution in [0.4, 0.5) is 0 Å². The zero-order chi connectivity index (χ0) is 15.8. The van der Waals surface area contributed by atoms with E-state index in [9.17, 15) is 10.2 Å². The molecular formula is C13H24O8. The van der Waals surface area contributed by atoms with Crippen LogP contribution in [0.15, 0.2) is 0 Å². The Bertz CT molecular complexity index is 366. The quantitative estimate of drug-likeness (QED) is 0.698. The number of hydrogen-bond donors (Lipinski definition) is 2. The maximum Gasteiger partial charge on any atom is 0.220 e. The molecule has 0 amide bonds. The lowest BCUT2D eigenvalue weighted by Crippen LogP contribution is -2.73. The minimum atomic E-state index is -1.24. The normalized spacial score (nSPS) is 50.7. The van der Waals surface area contributed by atoms with E-state index in [0.29, 0.717) is 0 Å². The van der Waals surface area contributed by atoms with Crippen molar-refractivity contribution in [1.82, 2.24) is 0 Å². The molecular weight excluding hydrogens is 284 g/mol. The molecule has 8 nitrogen and oxygen atoms in total. The first kappa shape index (κ1) is 17.0. The van der Waals surface area contributed by atoms with Gasteiger partial charge in [-0.3, -0.25) is 0 Å². The minimum absolute atomic E-state index is 0.362. The topological polar surface area (TPSA) is 95.8 Å². The molecule has 0 aromatic carbocycles. The first-order valence-electron chi connectivity index (χ1n) is 6.79. The molecule has 0 unspecified atom stereocenters. The highest BCUT2D eigenvalue weighted by molar-refractivity contribution is 4.99. The molecule has 2 rings (SSSR count). The van der Waals surface area contributed by atoms with Crippen LogP contribution in [-0.2, 0) is 28.4 Å². The van der Waals surface area contributed by atoms with Gasteiger partial charge in [-0.2, -0.15) is 0 Å². The molecule has 2 saturated heterocycles. The Morgan fingerprint density at radius 1 is 1.00 bits per heavy atom. The smallest absolute Gasteiger partial charge is 0.220 e. The number of rotatable bonds is 4. The summed E-state index contributed by atoms with van der Waals surface area (Å²) < 4.78 is 33.4. The second kappa shape index (κ2) is 6.05. The van der Waals surface area contributed by atoms with Gasteiger partial charge < -0.3 is 38.6 Å². The van der Waals surface area contributed by atoms with E-state index in [0.717, 1.165) is 0 Å².